The van der Waals surface area contributed by atoms with Crippen LogP contribution in [-0.2, 0) is 23.7 Å². The highest BCUT2D eigenvalue weighted by Gasteiger charge is 2.44. The van der Waals surface area contributed by atoms with Crippen molar-refractivity contribution < 1.29 is 44.2 Å². The van der Waals surface area contributed by atoms with Gasteiger partial charge in [0.15, 0.2) is 6.29 Å². The smallest absolute Gasteiger partial charge is 0.306 e. The van der Waals surface area contributed by atoms with E-state index in [-0.39, 0.29) is 25.6 Å². The molecule has 6 unspecified atom stereocenters. The number of carbonyl (C=O) groups excluding carboxylic acids is 1. The lowest BCUT2D eigenvalue weighted by Gasteiger charge is -2.39. The van der Waals surface area contributed by atoms with Gasteiger partial charge in [0, 0.05) is 13.0 Å². The summed E-state index contributed by atoms with van der Waals surface area (Å²) in [5, 5.41) is 40.1. The molecular formula is C47H82O9. The summed E-state index contributed by atoms with van der Waals surface area (Å²) in [5.41, 5.74) is 0. The maximum atomic E-state index is 12.7. The second-order valence-electron chi connectivity index (χ2n) is 15.1. The zero-order valence-corrected chi connectivity index (χ0v) is 35.4. The van der Waals surface area contributed by atoms with Crippen molar-refractivity contribution in [2.75, 3.05) is 26.4 Å². The molecule has 4 N–H and O–H groups in total. The number of rotatable bonds is 37. The zero-order valence-electron chi connectivity index (χ0n) is 35.4. The predicted octanol–water partition coefficient (Wildman–Crippen LogP) is 9.91. The number of esters is 1. The van der Waals surface area contributed by atoms with Gasteiger partial charge in [0.2, 0.25) is 0 Å². The molecule has 9 nitrogen and oxygen atoms in total. The molecule has 56 heavy (non-hydrogen) atoms. The van der Waals surface area contributed by atoms with Crippen molar-refractivity contribution in [1.29, 1.82) is 0 Å². The highest BCUT2D eigenvalue weighted by Crippen LogP contribution is 2.22. The van der Waals surface area contributed by atoms with E-state index in [9.17, 15) is 25.2 Å². The van der Waals surface area contributed by atoms with E-state index in [1.165, 1.54) is 89.9 Å². The Balaban J connectivity index is 2.32. The molecule has 1 heterocycles. The molecule has 0 saturated carbocycles. The second-order valence-corrected chi connectivity index (χ2v) is 15.1. The molecule has 0 amide bonds. The molecule has 0 aliphatic carbocycles. The Morgan fingerprint density at radius 3 is 1.57 bits per heavy atom. The lowest BCUT2D eigenvalue weighted by atomic mass is 9.99. The van der Waals surface area contributed by atoms with Crippen LogP contribution in [0.3, 0.4) is 0 Å². The third-order valence-electron chi connectivity index (χ3n) is 9.95. The van der Waals surface area contributed by atoms with Gasteiger partial charge < -0.3 is 39.4 Å². The number of carbonyl (C=O) groups is 1. The average molecular weight is 791 g/mol. The number of aliphatic hydroxyl groups is 4. The summed E-state index contributed by atoms with van der Waals surface area (Å²) in [6, 6.07) is 0. The van der Waals surface area contributed by atoms with E-state index < -0.39 is 43.4 Å². The van der Waals surface area contributed by atoms with Gasteiger partial charge in [-0.3, -0.25) is 4.79 Å². The summed E-state index contributed by atoms with van der Waals surface area (Å²) in [6.45, 7) is 4.38. The Bertz CT molecular complexity index is 1040. The minimum atomic E-state index is -1.55. The lowest BCUT2D eigenvalue weighted by molar-refractivity contribution is -0.305. The van der Waals surface area contributed by atoms with Crippen molar-refractivity contribution >= 4 is 5.97 Å². The molecule has 1 saturated heterocycles. The van der Waals surface area contributed by atoms with Gasteiger partial charge in [-0.2, -0.15) is 0 Å². The van der Waals surface area contributed by atoms with Crippen molar-refractivity contribution in [3.05, 3.63) is 60.8 Å². The van der Waals surface area contributed by atoms with Gasteiger partial charge in [0.1, 0.15) is 30.5 Å². The van der Waals surface area contributed by atoms with Crippen molar-refractivity contribution in [2.24, 2.45) is 0 Å². The molecule has 1 rings (SSSR count). The maximum absolute atomic E-state index is 12.7. The summed E-state index contributed by atoms with van der Waals surface area (Å²) in [5.74, 6) is -0.370. The summed E-state index contributed by atoms with van der Waals surface area (Å²) >= 11 is 0. The first-order chi connectivity index (χ1) is 27.4. The molecule has 0 spiro atoms. The largest absolute Gasteiger partial charge is 0.457 e. The van der Waals surface area contributed by atoms with Crippen LogP contribution in [0.4, 0.5) is 0 Å². The van der Waals surface area contributed by atoms with Crippen LogP contribution in [0, 0.1) is 0 Å². The van der Waals surface area contributed by atoms with Gasteiger partial charge in [-0.25, -0.2) is 0 Å². The van der Waals surface area contributed by atoms with Crippen LogP contribution in [0.1, 0.15) is 168 Å². The molecule has 1 fully saturated rings. The van der Waals surface area contributed by atoms with Gasteiger partial charge in [0.05, 0.1) is 19.8 Å². The second kappa shape index (κ2) is 38.4. The summed E-state index contributed by atoms with van der Waals surface area (Å²) < 4.78 is 22.7. The molecular weight excluding hydrogens is 709 g/mol. The van der Waals surface area contributed by atoms with Crippen molar-refractivity contribution in [3.8, 4) is 0 Å². The Kier molecular flexibility index (Phi) is 35.6. The molecule has 6 atom stereocenters. The van der Waals surface area contributed by atoms with Crippen LogP contribution < -0.4 is 0 Å². The Hall–Kier alpha value is -2.11. The van der Waals surface area contributed by atoms with Gasteiger partial charge in [-0.15, -0.1) is 0 Å². The number of aliphatic hydroxyl groups excluding tert-OH is 4. The number of allylic oxidation sites excluding steroid dienone is 10. The van der Waals surface area contributed by atoms with Gasteiger partial charge in [0.25, 0.3) is 0 Å². The molecule has 0 aromatic heterocycles. The Labute approximate surface area is 341 Å². The van der Waals surface area contributed by atoms with Crippen molar-refractivity contribution in [1.82, 2.24) is 0 Å². The van der Waals surface area contributed by atoms with Crippen LogP contribution in [0.15, 0.2) is 60.8 Å². The molecule has 1 aliphatic rings. The van der Waals surface area contributed by atoms with Crippen LogP contribution >= 0.6 is 0 Å². The zero-order chi connectivity index (χ0) is 40.7. The van der Waals surface area contributed by atoms with Gasteiger partial charge >= 0.3 is 5.97 Å². The highest BCUT2D eigenvalue weighted by atomic mass is 16.7. The molecule has 9 heteroatoms. The number of hydrogen-bond donors (Lipinski definition) is 4. The number of hydrogen-bond acceptors (Lipinski definition) is 9. The number of ether oxygens (including phenoxy) is 4. The first kappa shape index (κ1) is 51.9. The first-order valence-corrected chi connectivity index (χ1v) is 22.4. The first-order valence-electron chi connectivity index (χ1n) is 22.4. The maximum Gasteiger partial charge on any atom is 0.306 e. The fourth-order valence-corrected chi connectivity index (χ4v) is 6.47. The van der Waals surface area contributed by atoms with E-state index in [1.807, 2.05) is 0 Å². The topological polar surface area (TPSA) is 135 Å². The highest BCUT2D eigenvalue weighted by molar-refractivity contribution is 5.69. The van der Waals surface area contributed by atoms with Crippen LogP contribution in [0.2, 0.25) is 0 Å². The van der Waals surface area contributed by atoms with Crippen molar-refractivity contribution in [3.63, 3.8) is 0 Å². The fourth-order valence-electron chi connectivity index (χ4n) is 6.47. The van der Waals surface area contributed by atoms with E-state index >= 15 is 0 Å². The summed E-state index contributed by atoms with van der Waals surface area (Å²) in [7, 11) is 0. The van der Waals surface area contributed by atoms with Gasteiger partial charge in [-0.05, 0) is 51.4 Å². The Morgan fingerprint density at radius 2 is 1.07 bits per heavy atom. The van der Waals surface area contributed by atoms with Crippen LogP contribution in [-0.4, -0.2) is 89.6 Å². The molecule has 324 valence electrons. The average Bonchev–Trinajstić information content (AvgIpc) is 3.20. The van der Waals surface area contributed by atoms with Gasteiger partial charge in [-0.1, -0.05) is 171 Å². The van der Waals surface area contributed by atoms with E-state index in [4.69, 9.17) is 18.9 Å². The molecule has 0 radical (unpaired) electrons. The minimum absolute atomic E-state index is 0.122. The Morgan fingerprint density at radius 1 is 0.589 bits per heavy atom. The predicted molar refractivity (Wildman–Crippen MR) is 228 cm³/mol. The molecule has 0 aromatic carbocycles. The normalized spacial score (nSPS) is 21.1. The summed E-state index contributed by atoms with van der Waals surface area (Å²) in [4.78, 5) is 12.7. The van der Waals surface area contributed by atoms with Crippen LogP contribution in [0.5, 0.6) is 0 Å². The number of unbranched alkanes of at least 4 members (excludes halogenated alkanes) is 16. The van der Waals surface area contributed by atoms with E-state index in [0.29, 0.717) is 13.0 Å². The quantitative estimate of drug-likeness (QED) is 0.0276. The monoisotopic (exact) mass is 791 g/mol. The van der Waals surface area contributed by atoms with E-state index in [1.54, 1.807) is 0 Å². The van der Waals surface area contributed by atoms with Crippen LogP contribution in [0.25, 0.3) is 0 Å². The molecule has 0 bridgehead atoms. The lowest BCUT2D eigenvalue weighted by Crippen LogP contribution is -2.59. The standard InChI is InChI=1S/C47H82O9/c1-3-5-7-9-11-13-15-17-19-21-22-24-26-28-30-32-34-36-43(49)55-41(40-54-47-46(52)45(51)44(50)42(38-48)56-47)39-53-37-35-33-31-29-27-25-23-20-18-16-14-12-10-8-6-4-2/h5,7,11,13,17,19,22,24,28,30,41-42,44-48,50-52H,3-4,6,8-10,12,14-16,18,20-21,23,25-27,29,31-40H2,1-2H3/b7-5-,13-11-,19-17-,24-22-,30-28-. The summed E-state index contributed by atoms with van der Waals surface area (Å²) in [6.07, 6.45) is 41.1. The third-order valence-corrected chi connectivity index (χ3v) is 9.95. The SMILES string of the molecule is CC/C=C\C/C=C\C/C=C\C/C=C\C/C=C\CCCC(=O)OC(COCCCCCCCCCCCCCCCCCC)COC1OC(CO)C(O)C(O)C1O. The van der Waals surface area contributed by atoms with E-state index in [0.717, 1.165) is 51.4 Å². The minimum Gasteiger partial charge on any atom is -0.457 e. The van der Waals surface area contributed by atoms with Crippen molar-refractivity contribution in [2.45, 2.75) is 205 Å². The molecule has 1 aliphatic heterocycles. The fraction of sp³-hybridized carbons (Fsp3) is 0.766. The molecule has 0 aromatic rings. The third kappa shape index (κ3) is 29.2. The van der Waals surface area contributed by atoms with E-state index in [2.05, 4.69) is 74.6 Å².